The standard InChI is InChI=1S/C13H12F2N2OS/c1-7-6-16-13(19-7)8(2)17-12(18)9-4-3-5-10(14)11(9)15/h3-6,8H,1-2H3,(H,17,18). The summed E-state index contributed by atoms with van der Waals surface area (Å²) >= 11 is 1.45. The van der Waals surface area contributed by atoms with Crippen LogP contribution in [0.2, 0.25) is 0 Å². The van der Waals surface area contributed by atoms with E-state index in [-0.39, 0.29) is 11.6 Å². The number of carbonyl (C=O) groups excluding carboxylic acids is 1. The highest BCUT2D eigenvalue weighted by Crippen LogP contribution is 2.20. The normalized spacial score (nSPS) is 12.2. The lowest BCUT2D eigenvalue weighted by Crippen LogP contribution is -2.27. The summed E-state index contributed by atoms with van der Waals surface area (Å²) in [6.45, 7) is 3.65. The minimum absolute atomic E-state index is 0.305. The number of hydrogen-bond acceptors (Lipinski definition) is 3. The fraction of sp³-hybridized carbons (Fsp3) is 0.231. The Morgan fingerprint density at radius 3 is 2.79 bits per heavy atom. The first-order valence-electron chi connectivity index (χ1n) is 5.66. The van der Waals surface area contributed by atoms with Gasteiger partial charge < -0.3 is 5.32 Å². The first-order chi connectivity index (χ1) is 8.99. The van der Waals surface area contributed by atoms with E-state index in [1.54, 1.807) is 13.1 Å². The van der Waals surface area contributed by atoms with Crippen molar-refractivity contribution in [3.63, 3.8) is 0 Å². The minimum atomic E-state index is -1.14. The molecule has 19 heavy (non-hydrogen) atoms. The molecule has 1 heterocycles. The van der Waals surface area contributed by atoms with Gasteiger partial charge in [0, 0.05) is 11.1 Å². The molecule has 1 aromatic heterocycles. The molecule has 1 amide bonds. The fourth-order valence-electron chi connectivity index (χ4n) is 1.59. The SMILES string of the molecule is Cc1cnc(C(C)NC(=O)c2cccc(F)c2F)s1. The third-order valence-electron chi connectivity index (χ3n) is 2.55. The molecule has 0 spiro atoms. The zero-order chi connectivity index (χ0) is 14.0. The van der Waals surface area contributed by atoms with Crippen LogP contribution in [0.25, 0.3) is 0 Å². The van der Waals surface area contributed by atoms with Crippen molar-refractivity contribution in [3.05, 3.63) is 51.5 Å². The Labute approximate surface area is 113 Å². The highest BCUT2D eigenvalue weighted by atomic mass is 32.1. The smallest absolute Gasteiger partial charge is 0.254 e. The van der Waals surface area contributed by atoms with Crippen molar-refractivity contribution in [2.45, 2.75) is 19.9 Å². The second kappa shape index (κ2) is 5.44. The summed E-state index contributed by atoms with van der Waals surface area (Å²) < 4.78 is 26.5. The Hall–Kier alpha value is -1.82. The Morgan fingerprint density at radius 2 is 2.16 bits per heavy atom. The van der Waals surface area contributed by atoms with Crippen molar-refractivity contribution in [1.82, 2.24) is 10.3 Å². The molecule has 0 fully saturated rings. The molecule has 0 aliphatic carbocycles. The third-order valence-corrected chi connectivity index (χ3v) is 3.65. The monoisotopic (exact) mass is 282 g/mol. The van der Waals surface area contributed by atoms with Gasteiger partial charge in [-0.3, -0.25) is 4.79 Å². The van der Waals surface area contributed by atoms with Gasteiger partial charge >= 0.3 is 0 Å². The molecule has 6 heteroatoms. The van der Waals surface area contributed by atoms with Gasteiger partial charge in [-0.15, -0.1) is 11.3 Å². The molecule has 1 atom stereocenters. The van der Waals surface area contributed by atoms with Crippen molar-refractivity contribution < 1.29 is 13.6 Å². The van der Waals surface area contributed by atoms with E-state index in [1.165, 1.54) is 23.5 Å². The number of aromatic nitrogens is 1. The quantitative estimate of drug-likeness (QED) is 0.939. The predicted molar refractivity (Wildman–Crippen MR) is 69.1 cm³/mol. The number of rotatable bonds is 3. The second-order valence-corrected chi connectivity index (χ2v) is 5.37. The maximum absolute atomic E-state index is 13.5. The van der Waals surface area contributed by atoms with E-state index >= 15 is 0 Å². The number of halogens is 2. The van der Waals surface area contributed by atoms with Gasteiger partial charge in [0.15, 0.2) is 11.6 Å². The van der Waals surface area contributed by atoms with Crippen molar-refractivity contribution >= 4 is 17.2 Å². The molecule has 1 unspecified atom stereocenters. The summed E-state index contributed by atoms with van der Waals surface area (Å²) in [5.41, 5.74) is -0.305. The maximum Gasteiger partial charge on any atom is 0.254 e. The number of thiazole rings is 1. The number of amides is 1. The van der Waals surface area contributed by atoms with Gasteiger partial charge in [-0.1, -0.05) is 6.07 Å². The Bertz CT molecular complexity index is 612. The fourth-order valence-corrected chi connectivity index (χ4v) is 2.36. The summed E-state index contributed by atoms with van der Waals surface area (Å²) in [5.74, 6) is -2.83. The van der Waals surface area contributed by atoms with Gasteiger partial charge in [-0.05, 0) is 26.0 Å². The largest absolute Gasteiger partial charge is 0.343 e. The van der Waals surface area contributed by atoms with Gasteiger partial charge in [0.2, 0.25) is 0 Å². The molecule has 0 saturated carbocycles. The van der Waals surface area contributed by atoms with Gasteiger partial charge in [-0.2, -0.15) is 0 Å². The molecule has 2 aromatic rings. The first-order valence-corrected chi connectivity index (χ1v) is 6.48. The van der Waals surface area contributed by atoms with Gasteiger partial charge in [0.1, 0.15) is 5.01 Å². The summed E-state index contributed by atoms with van der Waals surface area (Å²) in [6, 6.07) is 3.16. The van der Waals surface area contributed by atoms with Crippen LogP contribution < -0.4 is 5.32 Å². The van der Waals surface area contributed by atoms with Crippen molar-refractivity contribution in [1.29, 1.82) is 0 Å². The molecule has 100 valence electrons. The van der Waals surface area contributed by atoms with Crippen LogP contribution >= 0.6 is 11.3 Å². The Kier molecular flexibility index (Phi) is 3.90. The van der Waals surface area contributed by atoms with E-state index in [2.05, 4.69) is 10.3 Å². The van der Waals surface area contributed by atoms with Gasteiger partial charge in [0.05, 0.1) is 11.6 Å². The minimum Gasteiger partial charge on any atom is -0.343 e. The predicted octanol–water partition coefficient (Wildman–Crippen LogP) is 3.22. The van der Waals surface area contributed by atoms with E-state index < -0.39 is 17.5 Å². The lowest BCUT2D eigenvalue weighted by Gasteiger charge is -2.11. The van der Waals surface area contributed by atoms with E-state index in [0.717, 1.165) is 16.0 Å². The third kappa shape index (κ3) is 2.96. The molecule has 0 radical (unpaired) electrons. The number of nitrogens with zero attached hydrogens (tertiary/aromatic N) is 1. The maximum atomic E-state index is 13.5. The highest BCUT2D eigenvalue weighted by Gasteiger charge is 2.18. The average molecular weight is 282 g/mol. The second-order valence-electron chi connectivity index (χ2n) is 4.11. The number of benzene rings is 1. The number of hydrogen-bond donors (Lipinski definition) is 1. The van der Waals surface area contributed by atoms with Crippen molar-refractivity contribution in [3.8, 4) is 0 Å². The highest BCUT2D eigenvalue weighted by molar-refractivity contribution is 7.11. The average Bonchev–Trinajstić information content (AvgIpc) is 2.79. The molecule has 0 saturated heterocycles. The molecule has 1 aromatic carbocycles. The van der Waals surface area contributed by atoms with Crippen LogP contribution in [0, 0.1) is 18.6 Å². The molecule has 0 aliphatic heterocycles. The van der Waals surface area contributed by atoms with Crippen LogP contribution in [0.15, 0.2) is 24.4 Å². The molecule has 1 N–H and O–H groups in total. The molecule has 2 rings (SSSR count). The number of nitrogens with one attached hydrogen (secondary N) is 1. The van der Waals surface area contributed by atoms with Crippen molar-refractivity contribution in [2.24, 2.45) is 0 Å². The molecule has 3 nitrogen and oxygen atoms in total. The zero-order valence-corrected chi connectivity index (χ0v) is 11.2. The van der Waals surface area contributed by atoms with Crippen LogP contribution in [0.4, 0.5) is 8.78 Å². The lowest BCUT2D eigenvalue weighted by molar-refractivity contribution is 0.0934. The summed E-state index contributed by atoms with van der Waals surface area (Å²) in [6.07, 6.45) is 1.70. The van der Waals surface area contributed by atoms with Crippen LogP contribution in [-0.2, 0) is 0 Å². The molecule has 0 aliphatic rings. The molecule has 0 bridgehead atoms. The van der Waals surface area contributed by atoms with Crippen molar-refractivity contribution in [2.75, 3.05) is 0 Å². The summed E-state index contributed by atoms with van der Waals surface area (Å²) in [7, 11) is 0. The van der Waals surface area contributed by atoms with Crippen LogP contribution in [0.1, 0.15) is 33.2 Å². The van der Waals surface area contributed by atoms with Gasteiger partial charge in [-0.25, -0.2) is 13.8 Å². The first kappa shape index (κ1) is 13.6. The number of carbonyl (C=O) groups is 1. The van der Waals surface area contributed by atoms with E-state index in [0.29, 0.717) is 0 Å². The Morgan fingerprint density at radius 1 is 1.42 bits per heavy atom. The van der Waals surface area contributed by atoms with Crippen LogP contribution in [-0.4, -0.2) is 10.9 Å². The molecular weight excluding hydrogens is 270 g/mol. The van der Waals surface area contributed by atoms with Gasteiger partial charge in [0.25, 0.3) is 5.91 Å². The summed E-state index contributed by atoms with van der Waals surface area (Å²) in [4.78, 5) is 17.0. The topological polar surface area (TPSA) is 42.0 Å². The lowest BCUT2D eigenvalue weighted by atomic mass is 10.2. The van der Waals surface area contributed by atoms with E-state index in [4.69, 9.17) is 0 Å². The Balaban J connectivity index is 2.15. The summed E-state index contributed by atoms with van der Waals surface area (Å²) in [5, 5.41) is 3.32. The van der Waals surface area contributed by atoms with E-state index in [9.17, 15) is 13.6 Å². The number of aryl methyl sites for hydroxylation is 1. The van der Waals surface area contributed by atoms with Crippen LogP contribution in [0.3, 0.4) is 0 Å². The van der Waals surface area contributed by atoms with E-state index in [1.807, 2.05) is 6.92 Å². The zero-order valence-electron chi connectivity index (χ0n) is 10.4. The van der Waals surface area contributed by atoms with Crippen LogP contribution in [0.5, 0.6) is 0 Å². The molecular formula is C13H12F2N2OS.